The van der Waals surface area contributed by atoms with Crippen molar-refractivity contribution < 1.29 is 14.3 Å². The molecule has 2 aromatic heterocycles. The van der Waals surface area contributed by atoms with Crippen LogP contribution in [-0.4, -0.2) is 74.8 Å². The minimum atomic E-state index is -0.340. The first kappa shape index (κ1) is 28.1. The van der Waals surface area contributed by atoms with Crippen LogP contribution in [0, 0.1) is 0 Å². The molecule has 2 saturated heterocycles. The van der Waals surface area contributed by atoms with Crippen molar-refractivity contribution in [3.63, 3.8) is 0 Å². The molecule has 2 aliphatic rings. The molecular formula is C27H35N5O4S2. The van der Waals surface area contributed by atoms with Crippen molar-refractivity contribution in [2.45, 2.75) is 52.4 Å². The summed E-state index contributed by atoms with van der Waals surface area (Å²) in [6.45, 7) is 6.78. The highest BCUT2D eigenvalue weighted by atomic mass is 32.2. The predicted molar refractivity (Wildman–Crippen MR) is 156 cm³/mol. The Bertz CT molecular complexity index is 1270. The number of rotatable bonds is 10. The Hall–Kier alpha value is -2.92. The van der Waals surface area contributed by atoms with Crippen LogP contribution < -0.4 is 10.5 Å². The van der Waals surface area contributed by atoms with Crippen LogP contribution in [0.1, 0.15) is 57.9 Å². The zero-order valence-electron chi connectivity index (χ0n) is 22.1. The molecule has 0 unspecified atom stereocenters. The van der Waals surface area contributed by atoms with Crippen LogP contribution in [0.2, 0.25) is 0 Å². The van der Waals surface area contributed by atoms with Gasteiger partial charge in [0.05, 0.1) is 17.1 Å². The Kier molecular flexibility index (Phi) is 9.79. The molecule has 4 heterocycles. The number of aromatic nitrogens is 2. The van der Waals surface area contributed by atoms with E-state index in [0.29, 0.717) is 65.6 Å². The Morgan fingerprint density at radius 1 is 1.08 bits per heavy atom. The number of carbonyl (C=O) groups excluding carboxylic acids is 2. The molecule has 4 rings (SSSR count). The van der Waals surface area contributed by atoms with Crippen LogP contribution in [0.25, 0.3) is 11.7 Å². The molecule has 2 aromatic rings. The molecule has 2 amide bonds. The summed E-state index contributed by atoms with van der Waals surface area (Å²) in [4.78, 5) is 49.6. The van der Waals surface area contributed by atoms with Crippen molar-refractivity contribution in [2.75, 3.05) is 44.2 Å². The summed E-state index contributed by atoms with van der Waals surface area (Å²) in [5.74, 6) is 0.343. The number of unbranched alkanes of at least 4 members (excludes halogenated alkanes) is 5. The van der Waals surface area contributed by atoms with Crippen LogP contribution in [-0.2, 0) is 9.53 Å². The molecule has 0 radical (unpaired) electrons. The summed E-state index contributed by atoms with van der Waals surface area (Å²) in [6, 6.07) is 5.39. The summed E-state index contributed by atoms with van der Waals surface area (Å²) >= 11 is 6.76. The maximum atomic E-state index is 13.6. The number of hydrogen-bond acceptors (Lipinski definition) is 8. The molecule has 0 spiro atoms. The van der Waals surface area contributed by atoms with Crippen molar-refractivity contribution in [1.29, 1.82) is 0 Å². The normalized spacial score (nSPS) is 17.2. The maximum Gasteiger partial charge on any atom is 0.409 e. The van der Waals surface area contributed by atoms with Crippen LogP contribution in [0.4, 0.5) is 10.6 Å². The minimum absolute atomic E-state index is 0.163. The maximum absolute atomic E-state index is 13.6. The van der Waals surface area contributed by atoms with Gasteiger partial charge in [-0.1, -0.05) is 69.1 Å². The van der Waals surface area contributed by atoms with Gasteiger partial charge in [0.25, 0.3) is 11.5 Å². The van der Waals surface area contributed by atoms with Gasteiger partial charge in [0.2, 0.25) is 0 Å². The highest BCUT2D eigenvalue weighted by molar-refractivity contribution is 8.26. The summed E-state index contributed by atoms with van der Waals surface area (Å²) in [6.07, 6.45) is 9.75. The van der Waals surface area contributed by atoms with Crippen molar-refractivity contribution in [3.05, 3.63) is 45.2 Å². The third-order valence-corrected chi connectivity index (χ3v) is 8.12. The monoisotopic (exact) mass is 557 g/mol. The first-order chi connectivity index (χ1) is 18.4. The fourth-order valence-electron chi connectivity index (χ4n) is 4.65. The van der Waals surface area contributed by atoms with Crippen LogP contribution in [0.15, 0.2) is 34.1 Å². The number of pyridine rings is 1. The van der Waals surface area contributed by atoms with Gasteiger partial charge in [-0.15, -0.1) is 0 Å². The van der Waals surface area contributed by atoms with Gasteiger partial charge in [-0.3, -0.25) is 18.9 Å². The zero-order chi connectivity index (χ0) is 27.1. The van der Waals surface area contributed by atoms with Gasteiger partial charge in [-0.05, 0) is 31.6 Å². The van der Waals surface area contributed by atoms with Crippen molar-refractivity contribution >= 4 is 57.8 Å². The SMILES string of the molecule is CCCCCCCCN1C(=O)/C(=C\c2c(N3CCN(C(=O)OCC)CC3)nc3ccccn3c2=O)SC1=S. The van der Waals surface area contributed by atoms with E-state index < -0.39 is 0 Å². The molecule has 0 aliphatic carbocycles. The van der Waals surface area contributed by atoms with Crippen molar-refractivity contribution in [3.8, 4) is 0 Å². The zero-order valence-corrected chi connectivity index (χ0v) is 23.7. The quantitative estimate of drug-likeness (QED) is 0.239. The fraction of sp³-hybridized carbons (Fsp3) is 0.519. The Morgan fingerprint density at radius 3 is 2.55 bits per heavy atom. The average molecular weight is 558 g/mol. The molecule has 0 bridgehead atoms. The number of thioether (sulfide) groups is 1. The number of anilines is 1. The topological polar surface area (TPSA) is 87.5 Å². The van der Waals surface area contributed by atoms with E-state index in [1.807, 2.05) is 11.0 Å². The molecule has 204 valence electrons. The average Bonchev–Trinajstić information content (AvgIpc) is 3.19. The van der Waals surface area contributed by atoms with E-state index in [1.54, 1.807) is 41.1 Å². The van der Waals surface area contributed by atoms with E-state index in [4.69, 9.17) is 21.9 Å². The highest BCUT2D eigenvalue weighted by Gasteiger charge is 2.33. The largest absolute Gasteiger partial charge is 0.450 e. The fourth-order valence-corrected chi connectivity index (χ4v) is 5.94. The summed E-state index contributed by atoms with van der Waals surface area (Å²) in [5.41, 5.74) is 0.617. The minimum Gasteiger partial charge on any atom is -0.450 e. The standard InChI is InChI=1S/C27H35N5O4S2/c1-3-5-6-7-8-10-14-32-25(34)21(38-27(32)37)19-20-23(28-22-12-9-11-13-31(22)24(20)33)29-15-17-30(18-16-29)26(35)36-4-2/h9,11-13,19H,3-8,10,14-18H2,1-2H3/b21-19+. The second-order valence-electron chi connectivity index (χ2n) is 9.36. The molecule has 9 nitrogen and oxygen atoms in total. The first-order valence-electron chi connectivity index (χ1n) is 13.4. The molecule has 0 N–H and O–H groups in total. The second kappa shape index (κ2) is 13.2. The lowest BCUT2D eigenvalue weighted by Gasteiger charge is -2.35. The van der Waals surface area contributed by atoms with Crippen LogP contribution in [0.5, 0.6) is 0 Å². The number of fused-ring (bicyclic) bond motifs is 1. The molecule has 2 fully saturated rings. The van der Waals surface area contributed by atoms with Gasteiger partial charge in [0.15, 0.2) is 0 Å². The lowest BCUT2D eigenvalue weighted by atomic mass is 10.1. The van der Waals surface area contributed by atoms with E-state index in [0.717, 1.165) is 19.3 Å². The van der Waals surface area contributed by atoms with Gasteiger partial charge in [-0.25, -0.2) is 9.78 Å². The Morgan fingerprint density at radius 2 is 1.82 bits per heavy atom. The number of nitrogens with zero attached hydrogens (tertiary/aromatic N) is 5. The van der Waals surface area contributed by atoms with Gasteiger partial charge in [0.1, 0.15) is 15.8 Å². The Balaban J connectivity index is 1.57. The van der Waals surface area contributed by atoms with Crippen LogP contribution in [0.3, 0.4) is 0 Å². The molecular weight excluding hydrogens is 522 g/mol. The predicted octanol–water partition coefficient (Wildman–Crippen LogP) is 4.53. The Labute approximate surface area is 232 Å². The highest BCUT2D eigenvalue weighted by Crippen LogP contribution is 2.34. The molecule has 38 heavy (non-hydrogen) atoms. The number of carbonyl (C=O) groups is 2. The second-order valence-corrected chi connectivity index (χ2v) is 11.0. The third-order valence-electron chi connectivity index (χ3n) is 6.74. The first-order valence-corrected chi connectivity index (χ1v) is 14.6. The van der Waals surface area contributed by atoms with E-state index in [9.17, 15) is 14.4 Å². The van der Waals surface area contributed by atoms with Gasteiger partial charge >= 0.3 is 6.09 Å². The molecule has 0 aromatic carbocycles. The smallest absolute Gasteiger partial charge is 0.409 e. The summed E-state index contributed by atoms with van der Waals surface area (Å²) in [7, 11) is 0. The van der Waals surface area contributed by atoms with Gasteiger partial charge in [0, 0.05) is 38.9 Å². The number of thiocarbonyl (C=S) groups is 1. The number of piperazine rings is 1. The van der Waals surface area contributed by atoms with Crippen molar-refractivity contribution in [1.82, 2.24) is 19.2 Å². The number of hydrogen-bond donors (Lipinski definition) is 0. The molecule has 11 heteroatoms. The van der Waals surface area contributed by atoms with E-state index in [-0.39, 0.29) is 17.6 Å². The molecule has 0 saturated carbocycles. The van der Waals surface area contributed by atoms with E-state index in [2.05, 4.69) is 6.92 Å². The third kappa shape index (κ3) is 6.37. The lowest BCUT2D eigenvalue weighted by molar-refractivity contribution is -0.122. The molecule has 0 atom stereocenters. The number of ether oxygens (including phenoxy) is 1. The lowest BCUT2D eigenvalue weighted by Crippen LogP contribution is -2.49. The van der Waals surface area contributed by atoms with Crippen molar-refractivity contribution in [2.24, 2.45) is 0 Å². The summed E-state index contributed by atoms with van der Waals surface area (Å²) in [5, 5.41) is 0. The van der Waals surface area contributed by atoms with Gasteiger partial charge < -0.3 is 14.5 Å². The van der Waals surface area contributed by atoms with E-state index >= 15 is 0 Å². The van der Waals surface area contributed by atoms with Crippen LogP contribution >= 0.6 is 24.0 Å². The van der Waals surface area contributed by atoms with Gasteiger partial charge in [-0.2, -0.15) is 0 Å². The summed E-state index contributed by atoms with van der Waals surface area (Å²) < 4.78 is 7.14. The molecule has 2 aliphatic heterocycles. The number of amides is 2. The van der Waals surface area contributed by atoms with E-state index in [1.165, 1.54) is 35.4 Å².